The molecule has 1 aliphatic rings. The standard InChI is InChI=1S/C14H19BrO2/c1-2-3-4-5-11-9-13(16)12-8-10(15)6-7-14(12)17-11/h6-8,11,13,16H,2-5,9H2,1H3. The van der Waals surface area contributed by atoms with Gasteiger partial charge in [-0.2, -0.15) is 0 Å². The van der Waals surface area contributed by atoms with Gasteiger partial charge in [-0.05, 0) is 31.0 Å². The van der Waals surface area contributed by atoms with Crippen LogP contribution in [0, 0.1) is 0 Å². The molecular formula is C14H19BrO2. The Bertz CT molecular complexity index is 378. The zero-order valence-corrected chi connectivity index (χ0v) is 11.7. The summed E-state index contributed by atoms with van der Waals surface area (Å²) in [6, 6.07) is 5.84. The second-order valence-electron chi connectivity index (χ2n) is 4.67. The lowest BCUT2D eigenvalue weighted by molar-refractivity contribution is 0.0605. The Hall–Kier alpha value is -0.540. The molecule has 0 aromatic heterocycles. The van der Waals surface area contributed by atoms with Crippen molar-refractivity contribution >= 4 is 15.9 Å². The molecule has 0 amide bonds. The molecule has 0 radical (unpaired) electrons. The fourth-order valence-electron chi connectivity index (χ4n) is 2.29. The summed E-state index contributed by atoms with van der Waals surface area (Å²) in [6.07, 6.45) is 5.18. The number of halogens is 1. The summed E-state index contributed by atoms with van der Waals surface area (Å²) < 4.78 is 6.91. The Morgan fingerprint density at radius 3 is 3.00 bits per heavy atom. The van der Waals surface area contributed by atoms with Crippen molar-refractivity contribution in [3.63, 3.8) is 0 Å². The molecule has 0 saturated carbocycles. The first-order valence-electron chi connectivity index (χ1n) is 6.35. The van der Waals surface area contributed by atoms with E-state index in [0.717, 1.165) is 22.2 Å². The smallest absolute Gasteiger partial charge is 0.125 e. The second kappa shape index (κ2) is 5.87. The van der Waals surface area contributed by atoms with Crippen LogP contribution in [0.4, 0.5) is 0 Å². The lowest BCUT2D eigenvalue weighted by Gasteiger charge is -2.29. The number of ether oxygens (including phenoxy) is 1. The lowest BCUT2D eigenvalue weighted by atomic mass is 9.96. The number of aliphatic hydroxyl groups excluding tert-OH is 1. The summed E-state index contributed by atoms with van der Waals surface area (Å²) in [4.78, 5) is 0. The SMILES string of the molecule is CCCCCC1CC(O)c2cc(Br)ccc2O1. The maximum atomic E-state index is 10.1. The van der Waals surface area contributed by atoms with Gasteiger partial charge in [0.05, 0.1) is 6.10 Å². The summed E-state index contributed by atoms with van der Waals surface area (Å²) in [5, 5.41) is 10.1. The Morgan fingerprint density at radius 1 is 1.41 bits per heavy atom. The third-order valence-electron chi connectivity index (χ3n) is 3.24. The predicted octanol–water partition coefficient (Wildman–Crippen LogP) is 4.21. The number of rotatable bonds is 4. The fraction of sp³-hybridized carbons (Fsp3) is 0.571. The van der Waals surface area contributed by atoms with E-state index in [1.54, 1.807) is 0 Å². The van der Waals surface area contributed by atoms with Gasteiger partial charge in [-0.3, -0.25) is 0 Å². The summed E-state index contributed by atoms with van der Waals surface area (Å²) >= 11 is 3.42. The van der Waals surface area contributed by atoms with Crippen LogP contribution in [-0.4, -0.2) is 11.2 Å². The van der Waals surface area contributed by atoms with Crippen LogP contribution >= 0.6 is 15.9 Å². The molecule has 0 bridgehead atoms. The lowest BCUT2D eigenvalue weighted by Crippen LogP contribution is -2.25. The fourth-order valence-corrected chi connectivity index (χ4v) is 2.67. The van der Waals surface area contributed by atoms with Crippen LogP contribution in [0.15, 0.2) is 22.7 Å². The molecule has 3 heteroatoms. The van der Waals surface area contributed by atoms with Crippen LogP contribution in [-0.2, 0) is 0 Å². The molecule has 1 aliphatic heterocycles. The molecule has 2 rings (SSSR count). The maximum Gasteiger partial charge on any atom is 0.125 e. The number of unbranched alkanes of at least 4 members (excludes halogenated alkanes) is 2. The summed E-state index contributed by atoms with van der Waals surface area (Å²) in [5.41, 5.74) is 0.908. The molecule has 1 heterocycles. The van der Waals surface area contributed by atoms with Gasteiger partial charge in [-0.1, -0.05) is 35.7 Å². The molecule has 0 fully saturated rings. The van der Waals surface area contributed by atoms with E-state index < -0.39 is 0 Å². The van der Waals surface area contributed by atoms with Crippen LogP contribution in [0.5, 0.6) is 5.75 Å². The van der Waals surface area contributed by atoms with Crippen molar-refractivity contribution in [2.75, 3.05) is 0 Å². The highest BCUT2D eigenvalue weighted by Gasteiger charge is 2.26. The third-order valence-corrected chi connectivity index (χ3v) is 3.73. The van der Waals surface area contributed by atoms with Gasteiger partial charge in [0.1, 0.15) is 11.9 Å². The Kier molecular flexibility index (Phi) is 4.46. The van der Waals surface area contributed by atoms with Crippen molar-refractivity contribution in [1.82, 2.24) is 0 Å². The van der Waals surface area contributed by atoms with Gasteiger partial charge in [-0.25, -0.2) is 0 Å². The van der Waals surface area contributed by atoms with Crippen LogP contribution in [0.25, 0.3) is 0 Å². The van der Waals surface area contributed by atoms with Crippen molar-refractivity contribution in [1.29, 1.82) is 0 Å². The van der Waals surface area contributed by atoms with E-state index in [4.69, 9.17) is 4.74 Å². The average Bonchev–Trinajstić information content (AvgIpc) is 2.31. The van der Waals surface area contributed by atoms with E-state index in [0.29, 0.717) is 6.42 Å². The first kappa shape index (κ1) is 12.9. The molecule has 2 unspecified atom stereocenters. The second-order valence-corrected chi connectivity index (χ2v) is 5.58. The zero-order chi connectivity index (χ0) is 12.3. The van der Waals surface area contributed by atoms with Gasteiger partial charge in [0.25, 0.3) is 0 Å². The van der Waals surface area contributed by atoms with E-state index in [2.05, 4.69) is 22.9 Å². The van der Waals surface area contributed by atoms with Crippen molar-refractivity contribution in [3.05, 3.63) is 28.2 Å². The molecule has 0 saturated heterocycles. The predicted molar refractivity (Wildman–Crippen MR) is 72.3 cm³/mol. The minimum Gasteiger partial charge on any atom is -0.490 e. The van der Waals surface area contributed by atoms with Gasteiger partial charge in [0.2, 0.25) is 0 Å². The minimum atomic E-state index is -0.386. The van der Waals surface area contributed by atoms with Crippen LogP contribution in [0.1, 0.15) is 50.7 Å². The molecule has 1 aromatic carbocycles. The van der Waals surface area contributed by atoms with E-state index >= 15 is 0 Å². The van der Waals surface area contributed by atoms with Gasteiger partial charge < -0.3 is 9.84 Å². The number of aliphatic hydroxyl groups is 1. The Morgan fingerprint density at radius 2 is 2.24 bits per heavy atom. The van der Waals surface area contributed by atoms with E-state index in [1.165, 1.54) is 19.3 Å². The maximum absolute atomic E-state index is 10.1. The molecule has 1 aromatic rings. The third kappa shape index (κ3) is 3.23. The average molecular weight is 299 g/mol. The minimum absolute atomic E-state index is 0.172. The number of fused-ring (bicyclic) bond motifs is 1. The molecule has 1 N–H and O–H groups in total. The Balaban J connectivity index is 2.03. The van der Waals surface area contributed by atoms with Gasteiger partial charge in [0, 0.05) is 16.5 Å². The van der Waals surface area contributed by atoms with E-state index in [1.807, 2.05) is 18.2 Å². The highest BCUT2D eigenvalue weighted by molar-refractivity contribution is 9.10. The first-order chi connectivity index (χ1) is 8.20. The molecule has 17 heavy (non-hydrogen) atoms. The number of hydrogen-bond acceptors (Lipinski definition) is 2. The molecule has 2 nitrogen and oxygen atoms in total. The van der Waals surface area contributed by atoms with Crippen molar-refractivity contribution < 1.29 is 9.84 Å². The van der Waals surface area contributed by atoms with Gasteiger partial charge in [0.15, 0.2) is 0 Å². The van der Waals surface area contributed by atoms with Crippen molar-refractivity contribution in [3.8, 4) is 5.75 Å². The van der Waals surface area contributed by atoms with Gasteiger partial charge in [-0.15, -0.1) is 0 Å². The van der Waals surface area contributed by atoms with E-state index in [9.17, 15) is 5.11 Å². The van der Waals surface area contributed by atoms with Crippen LogP contribution in [0.3, 0.4) is 0 Å². The molecule has 0 aliphatic carbocycles. The quantitative estimate of drug-likeness (QED) is 0.844. The molecule has 94 valence electrons. The van der Waals surface area contributed by atoms with Crippen LogP contribution in [0.2, 0.25) is 0 Å². The molecule has 2 atom stereocenters. The van der Waals surface area contributed by atoms with E-state index in [-0.39, 0.29) is 12.2 Å². The summed E-state index contributed by atoms with van der Waals surface area (Å²) in [5.74, 6) is 0.841. The highest BCUT2D eigenvalue weighted by Crippen LogP contribution is 2.37. The normalized spacial score (nSPS) is 23.0. The molecule has 0 spiro atoms. The summed E-state index contributed by atoms with van der Waals surface area (Å²) in [6.45, 7) is 2.20. The Labute approximate surface area is 111 Å². The van der Waals surface area contributed by atoms with Crippen molar-refractivity contribution in [2.45, 2.75) is 51.2 Å². The first-order valence-corrected chi connectivity index (χ1v) is 7.14. The largest absolute Gasteiger partial charge is 0.490 e. The zero-order valence-electron chi connectivity index (χ0n) is 10.2. The highest BCUT2D eigenvalue weighted by atomic mass is 79.9. The number of hydrogen-bond donors (Lipinski definition) is 1. The summed E-state index contributed by atoms with van der Waals surface area (Å²) in [7, 11) is 0. The number of benzene rings is 1. The van der Waals surface area contributed by atoms with Crippen molar-refractivity contribution in [2.24, 2.45) is 0 Å². The topological polar surface area (TPSA) is 29.5 Å². The van der Waals surface area contributed by atoms with Gasteiger partial charge >= 0.3 is 0 Å². The monoisotopic (exact) mass is 298 g/mol. The van der Waals surface area contributed by atoms with Crippen LogP contribution < -0.4 is 4.74 Å². The molecular weight excluding hydrogens is 280 g/mol.